The number of rotatable bonds is 4. The van der Waals surface area contributed by atoms with Gasteiger partial charge in [0.1, 0.15) is 6.10 Å². The first-order valence-corrected chi connectivity index (χ1v) is 7.64. The highest BCUT2D eigenvalue weighted by Crippen LogP contribution is 2.35. The van der Waals surface area contributed by atoms with E-state index in [0.717, 1.165) is 12.1 Å². The highest BCUT2D eigenvalue weighted by molar-refractivity contribution is 5.92. The Balaban J connectivity index is 2.48. The normalized spacial score (nSPS) is 18.3. The van der Waals surface area contributed by atoms with E-state index >= 15 is 0 Å². The molecule has 4 heteroatoms. The minimum Gasteiger partial charge on any atom is -0.443 e. The Hall–Kier alpha value is -1.55. The maximum atomic E-state index is 12.2. The summed E-state index contributed by atoms with van der Waals surface area (Å²) in [6, 6.07) is 0. The van der Waals surface area contributed by atoms with Crippen LogP contribution in [0.3, 0.4) is 0 Å². The molecule has 0 saturated carbocycles. The molecule has 21 heavy (non-hydrogen) atoms. The van der Waals surface area contributed by atoms with E-state index in [2.05, 4.69) is 39.9 Å². The van der Waals surface area contributed by atoms with E-state index in [9.17, 15) is 4.79 Å². The van der Waals surface area contributed by atoms with Crippen molar-refractivity contribution in [3.63, 3.8) is 0 Å². The molecule has 2 rings (SSSR count). The van der Waals surface area contributed by atoms with Crippen LogP contribution < -0.4 is 10.2 Å². The van der Waals surface area contributed by atoms with Crippen LogP contribution in [0.1, 0.15) is 34.7 Å². The monoisotopic (exact) mass is 290 g/mol. The Bertz CT molecular complexity index is 537. The van der Waals surface area contributed by atoms with Gasteiger partial charge in [-0.3, -0.25) is 4.90 Å². The molecule has 1 heterocycles. The SMILES string of the molecule is CCc1c(C)c(C)c(N2CC(CNC)OC2=O)c(C)c1C. The largest absolute Gasteiger partial charge is 0.443 e. The van der Waals surface area contributed by atoms with Gasteiger partial charge in [-0.1, -0.05) is 6.92 Å². The van der Waals surface area contributed by atoms with Crippen LogP contribution in [-0.2, 0) is 11.2 Å². The number of amides is 1. The average molecular weight is 290 g/mol. The van der Waals surface area contributed by atoms with E-state index in [1.807, 2.05) is 7.05 Å². The number of anilines is 1. The number of benzene rings is 1. The van der Waals surface area contributed by atoms with E-state index in [1.165, 1.54) is 27.8 Å². The first-order chi connectivity index (χ1) is 9.92. The topological polar surface area (TPSA) is 41.6 Å². The van der Waals surface area contributed by atoms with Crippen molar-refractivity contribution < 1.29 is 9.53 Å². The molecule has 0 aromatic heterocycles. The Morgan fingerprint density at radius 3 is 2.19 bits per heavy atom. The Kier molecular flexibility index (Phi) is 4.57. The minimum atomic E-state index is -0.232. The molecule has 0 spiro atoms. The number of hydrogen-bond donors (Lipinski definition) is 1. The summed E-state index contributed by atoms with van der Waals surface area (Å²) in [5.41, 5.74) is 7.40. The lowest BCUT2D eigenvalue weighted by atomic mass is 9.90. The Morgan fingerprint density at radius 1 is 1.14 bits per heavy atom. The summed E-state index contributed by atoms with van der Waals surface area (Å²) in [5, 5.41) is 3.07. The van der Waals surface area contributed by atoms with Crippen molar-refractivity contribution in [3.8, 4) is 0 Å². The zero-order valence-corrected chi connectivity index (χ0v) is 14.0. The van der Waals surface area contributed by atoms with Crippen molar-refractivity contribution in [1.29, 1.82) is 0 Å². The quantitative estimate of drug-likeness (QED) is 0.926. The molecule has 1 aromatic rings. The van der Waals surface area contributed by atoms with Gasteiger partial charge in [0, 0.05) is 6.54 Å². The summed E-state index contributed by atoms with van der Waals surface area (Å²) < 4.78 is 5.44. The maximum absolute atomic E-state index is 12.2. The van der Waals surface area contributed by atoms with Crippen molar-refractivity contribution in [3.05, 3.63) is 27.8 Å². The highest BCUT2D eigenvalue weighted by Gasteiger charge is 2.34. The number of hydrogen-bond acceptors (Lipinski definition) is 3. The second kappa shape index (κ2) is 6.06. The lowest BCUT2D eigenvalue weighted by Gasteiger charge is -2.24. The van der Waals surface area contributed by atoms with Crippen molar-refractivity contribution in [2.24, 2.45) is 0 Å². The van der Waals surface area contributed by atoms with Gasteiger partial charge in [0.2, 0.25) is 0 Å². The van der Waals surface area contributed by atoms with Crippen molar-refractivity contribution in [2.75, 3.05) is 25.0 Å². The fourth-order valence-corrected chi connectivity index (χ4v) is 3.34. The summed E-state index contributed by atoms with van der Waals surface area (Å²) in [7, 11) is 1.87. The van der Waals surface area contributed by atoms with Gasteiger partial charge in [-0.25, -0.2) is 4.79 Å². The predicted molar refractivity (Wildman–Crippen MR) is 86.3 cm³/mol. The molecule has 0 aliphatic carbocycles. The number of carbonyl (C=O) groups excluding carboxylic acids is 1. The summed E-state index contributed by atoms with van der Waals surface area (Å²) in [6.45, 7) is 12.0. The van der Waals surface area contributed by atoms with Crippen LogP contribution in [0.4, 0.5) is 10.5 Å². The molecule has 1 atom stereocenters. The zero-order valence-electron chi connectivity index (χ0n) is 14.0. The van der Waals surface area contributed by atoms with Crippen LogP contribution in [0, 0.1) is 27.7 Å². The average Bonchev–Trinajstić information content (AvgIpc) is 2.79. The number of likely N-dealkylation sites (N-methyl/N-ethyl adjacent to an activating group) is 1. The molecule has 1 fully saturated rings. The van der Waals surface area contributed by atoms with E-state index in [4.69, 9.17) is 4.74 Å². The van der Waals surface area contributed by atoms with E-state index in [1.54, 1.807) is 4.90 Å². The summed E-state index contributed by atoms with van der Waals surface area (Å²) in [5.74, 6) is 0. The molecular formula is C17H26N2O2. The molecule has 1 aliphatic rings. The van der Waals surface area contributed by atoms with Crippen LogP contribution in [-0.4, -0.2) is 32.3 Å². The Labute approximate surface area is 127 Å². The number of nitrogens with one attached hydrogen (secondary N) is 1. The number of carbonyl (C=O) groups is 1. The molecule has 1 saturated heterocycles. The van der Waals surface area contributed by atoms with Gasteiger partial charge in [-0.15, -0.1) is 0 Å². The van der Waals surface area contributed by atoms with Gasteiger partial charge < -0.3 is 10.1 Å². The Morgan fingerprint density at radius 2 is 1.71 bits per heavy atom. The summed E-state index contributed by atoms with van der Waals surface area (Å²) in [4.78, 5) is 14.0. The summed E-state index contributed by atoms with van der Waals surface area (Å²) >= 11 is 0. The van der Waals surface area contributed by atoms with Crippen LogP contribution in [0.25, 0.3) is 0 Å². The zero-order chi connectivity index (χ0) is 15.7. The van der Waals surface area contributed by atoms with Gasteiger partial charge >= 0.3 is 6.09 Å². The van der Waals surface area contributed by atoms with Crippen molar-refractivity contribution in [1.82, 2.24) is 5.32 Å². The second-order valence-electron chi connectivity index (χ2n) is 5.85. The molecule has 0 radical (unpaired) electrons. The third-order valence-electron chi connectivity index (χ3n) is 4.67. The standard InChI is InChI=1S/C17H26N2O2/c1-7-15-10(2)12(4)16(13(5)11(15)3)19-9-14(8-18-6)21-17(19)20/h14,18H,7-9H2,1-6H3. The highest BCUT2D eigenvalue weighted by atomic mass is 16.6. The third-order valence-corrected chi connectivity index (χ3v) is 4.67. The number of cyclic esters (lactones) is 1. The molecule has 1 N–H and O–H groups in total. The molecule has 1 aliphatic heterocycles. The van der Waals surface area contributed by atoms with Crippen molar-refractivity contribution in [2.45, 2.75) is 47.1 Å². The molecule has 1 unspecified atom stereocenters. The smallest absolute Gasteiger partial charge is 0.414 e. The number of nitrogens with zero attached hydrogens (tertiary/aromatic N) is 1. The van der Waals surface area contributed by atoms with Gasteiger partial charge in [0.05, 0.1) is 12.2 Å². The van der Waals surface area contributed by atoms with Crippen molar-refractivity contribution >= 4 is 11.8 Å². The third kappa shape index (κ3) is 2.64. The first kappa shape index (κ1) is 15.8. The second-order valence-corrected chi connectivity index (χ2v) is 5.85. The fraction of sp³-hybridized carbons (Fsp3) is 0.588. The van der Waals surface area contributed by atoms with E-state index in [-0.39, 0.29) is 12.2 Å². The number of ether oxygens (including phenoxy) is 1. The minimum absolute atomic E-state index is 0.0761. The van der Waals surface area contributed by atoms with Crippen LogP contribution in [0.2, 0.25) is 0 Å². The van der Waals surface area contributed by atoms with Crippen LogP contribution >= 0.6 is 0 Å². The lowest BCUT2D eigenvalue weighted by molar-refractivity contribution is 0.141. The lowest BCUT2D eigenvalue weighted by Crippen LogP contribution is -2.30. The molecule has 1 aromatic carbocycles. The molecule has 4 nitrogen and oxygen atoms in total. The van der Waals surface area contributed by atoms with Crippen LogP contribution in [0.15, 0.2) is 0 Å². The van der Waals surface area contributed by atoms with Gasteiger partial charge in [-0.2, -0.15) is 0 Å². The maximum Gasteiger partial charge on any atom is 0.414 e. The first-order valence-electron chi connectivity index (χ1n) is 7.64. The van der Waals surface area contributed by atoms with Gasteiger partial charge in [0.25, 0.3) is 0 Å². The summed E-state index contributed by atoms with van der Waals surface area (Å²) in [6.07, 6.45) is 0.712. The fourth-order valence-electron chi connectivity index (χ4n) is 3.34. The molecule has 116 valence electrons. The molecule has 1 amide bonds. The van der Waals surface area contributed by atoms with E-state index in [0.29, 0.717) is 13.1 Å². The van der Waals surface area contributed by atoms with E-state index < -0.39 is 0 Å². The van der Waals surface area contributed by atoms with Gasteiger partial charge in [-0.05, 0) is 69.0 Å². The molecular weight excluding hydrogens is 264 g/mol. The van der Waals surface area contributed by atoms with Gasteiger partial charge in [0.15, 0.2) is 0 Å². The van der Waals surface area contributed by atoms with Crippen LogP contribution in [0.5, 0.6) is 0 Å². The predicted octanol–water partition coefficient (Wildman–Crippen LogP) is 3.03. The molecule has 0 bridgehead atoms.